The van der Waals surface area contributed by atoms with Crippen LogP contribution < -0.4 is 5.32 Å². The standard InChI is InChI=1S/C14H20F3NO2S/c1-10(2)8-21(19,20)9-13(18-3)11-5-4-6-12(7-11)14(15,16)17/h4-7,10,13,18H,8-9H2,1-3H3. The summed E-state index contributed by atoms with van der Waals surface area (Å²) in [5.74, 6) is -0.221. The molecule has 1 N–H and O–H groups in total. The fourth-order valence-electron chi connectivity index (χ4n) is 2.11. The molecule has 0 heterocycles. The van der Waals surface area contributed by atoms with E-state index < -0.39 is 27.6 Å². The van der Waals surface area contributed by atoms with E-state index in [2.05, 4.69) is 5.32 Å². The molecule has 0 bridgehead atoms. The zero-order valence-corrected chi connectivity index (χ0v) is 13.1. The molecule has 0 aliphatic carbocycles. The SMILES string of the molecule is CNC(CS(=O)(=O)CC(C)C)c1cccc(C(F)(F)F)c1. The van der Waals surface area contributed by atoms with Gasteiger partial charge in [0.15, 0.2) is 9.84 Å². The van der Waals surface area contributed by atoms with Crippen molar-refractivity contribution in [3.63, 3.8) is 0 Å². The molecule has 7 heteroatoms. The first kappa shape index (κ1) is 18.0. The van der Waals surface area contributed by atoms with Crippen LogP contribution in [0.2, 0.25) is 0 Å². The van der Waals surface area contributed by atoms with E-state index in [4.69, 9.17) is 0 Å². The van der Waals surface area contributed by atoms with Gasteiger partial charge in [0.25, 0.3) is 0 Å². The van der Waals surface area contributed by atoms with Gasteiger partial charge >= 0.3 is 6.18 Å². The Morgan fingerprint density at radius 3 is 2.29 bits per heavy atom. The molecule has 21 heavy (non-hydrogen) atoms. The van der Waals surface area contributed by atoms with Gasteiger partial charge in [-0.1, -0.05) is 26.0 Å². The third-order valence-electron chi connectivity index (χ3n) is 2.97. The zero-order valence-electron chi connectivity index (χ0n) is 12.2. The van der Waals surface area contributed by atoms with Crippen LogP contribution in [0.25, 0.3) is 0 Å². The van der Waals surface area contributed by atoms with E-state index in [9.17, 15) is 21.6 Å². The predicted octanol–water partition coefficient (Wildman–Crippen LogP) is 3.04. The maximum absolute atomic E-state index is 12.7. The second kappa shape index (κ2) is 6.79. The van der Waals surface area contributed by atoms with Gasteiger partial charge in [0, 0.05) is 6.04 Å². The number of nitrogens with one attached hydrogen (secondary N) is 1. The van der Waals surface area contributed by atoms with Gasteiger partial charge in [0.05, 0.1) is 17.1 Å². The molecule has 0 fully saturated rings. The summed E-state index contributed by atoms with van der Waals surface area (Å²) < 4.78 is 62.1. The molecule has 0 saturated carbocycles. The van der Waals surface area contributed by atoms with Crippen molar-refractivity contribution in [1.82, 2.24) is 5.32 Å². The number of halogens is 3. The van der Waals surface area contributed by atoms with E-state index in [1.54, 1.807) is 13.8 Å². The van der Waals surface area contributed by atoms with E-state index in [0.717, 1.165) is 12.1 Å². The Balaban J connectivity index is 3.01. The van der Waals surface area contributed by atoms with E-state index in [1.165, 1.54) is 19.2 Å². The van der Waals surface area contributed by atoms with Crippen molar-refractivity contribution < 1.29 is 21.6 Å². The van der Waals surface area contributed by atoms with E-state index in [0.29, 0.717) is 5.56 Å². The molecule has 0 radical (unpaired) electrons. The monoisotopic (exact) mass is 323 g/mol. The number of rotatable bonds is 6. The average molecular weight is 323 g/mol. The van der Waals surface area contributed by atoms with Crippen LogP contribution in [0, 0.1) is 5.92 Å². The minimum absolute atomic E-state index is 0.0180. The number of alkyl halides is 3. The fraction of sp³-hybridized carbons (Fsp3) is 0.571. The van der Waals surface area contributed by atoms with Gasteiger partial charge < -0.3 is 5.32 Å². The van der Waals surface area contributed by atoms with Crippen LogP contribution in [0.5, 0.6) is 0 Å². The lowest BCUT2D eigenvalue weighted by Gasteiger charge is -2.19. The van der Waals surface area contributed by atoms with Gasteiger partial charge in [-0.3, -0.25) is 0 Å². The van der Waals surface area contributed by atoms with Crippen LogP contribution >= 0.6 is 0 Å². The zero-order chi connectivity index (χ0) is 16.3. The molecule has 0 aliphatic rings. The van der Waals surface area contributed by atoms with Gasteiger partial charge in [-0.05, 0) is 30.7 Å². The highest BCUT2D eigenvalue weighted by Gasteiger charge is 2.31. The van der Waals surface area contributed by atoms with Crippen LogP contribution in [0.4, 0.5) is 13.2 Å². The molecule has 0 aliphatic heterocycles. The van der Waals surface area contributed by atoms with E-state index >= 15 is 0 Å². The maximum Gasteiger partial charge on any atom is 0.416 e. The minimum atomic E-state index is -4.44. The molecular weight excluding hydrogens is 303 g/mol. The Bertz CT molecular complexity index is 568. The molecule has 3 nitrogen and oxygen atoms in total. The predicted molar refractivity (Wildman–Crippen MR) is 76.7 cm³/mol. The summed E-state index contributed by atoms with van der Waals surface area (Å²) in [6, 6.07) is 4.10. The summed E-state index contributed by atoms with van der Waals surface area (Å²) in [7, 11) is -1.79. The normalized spacial score (nSPS) is 14.4. The summed E-state index contributed by atoms with van der Waals surface area (Å²) >= 11 is 0. The summed E-state index contributed by atoms with van der Waals surface area (Å²) in [5.41, 5.74) is -0.457. The number of sulfone groups is 1. The Morgan fingerprint density at radius 2 is 1.81 bits per heavy atom. The average Bonchev–Trinajstić information content (AvgIpc) is 2.33. The summed E-state index contributed by atoms with van der Waals surface area (Å²) in [6.45, 7) is 3.58. The number of hydrogen-bond acceptors (Lipinski definition) is 3. The molecular formula is C14H20F3NO2S. The van der Waals surface area contributed by atoms with Gasteiger partial charge in [-0.2, -0.15) is 13.2 Å². The van der Waals surface area contributed by atoms with Crippen LogP contribution in [-0.4, -0.2) is 27.0 Å². The number of hydrogen-bond donors (Lipinski definition) is 1. The molecule has 0 spiro atoms. The Morgan fingerprint density at radius 1 is 1.19 bits per heavy atom. The highest BCUT2D eigenvalue weighted by Crippen LogP contribution is 2.31. The van der Waals surface area contributed by atoms with Gasteiger partial charge in [0.1, 0.15) is 0 Å². The topological polar surface area (TPSA) is 46.2 Å². The van der Waals surface area contributed by atoms with Crippen molar-refractivity contribution >= 4 is 9.84 Å². The molecule has 1 rings (SSSR count). The van der Waals surface area contributed by atoms with E-state index in [1.807, 2.05) is 0 Å². The summed E-state index contributed by atoms with van der Waals surface area (Å²) in [5, 5.41) is 2.78. The van der Waals surface area contributed by atoms with Crippen LogP contribution in [-0.2, 0) is 16.0 Å². The van der Waals surface area contributed by atoms with Gasteiger partial charge in [-0.15, -0.1) is 0 Å². The van der Waals surface area contributed by atoms with Crippen LogP contribution in [0.1, 0.15) is 31.0 Å². The number of benzene rings is 1. The van der Waals surface area contributed by atoms with Crippen molar-refractivity contribution in [3.8, 4) is 0 Å². The smallest absolute Gasteiger partial charge is 0.312 e. The lowest BCUT2D eigenvalue weighted by Crippen LogP contribution is -2.28. The highest BCUT2D eigenvalue weighted by molar-refractivity contribution is 7.91. The van der Waals surface area contributed by atoms with Crippen molar-refractivity contribution in [3.05, 3.63) is 35.4 Å². The summed E-state index contributed by atoms with van der Waals surface area (Å²) in [4.78, 5) is 0. The molecule has 1 atom stereocenters. The molecule has 0 aromatic heterocycles. The molecule has 1 aromatic rings. The Kier molecular flexibility index (Phi) is 5.81. The molecule has 1 unspecified atom stereocenters. The highest BCUT2D eigenvalue weighted by atomic mass is 32.2. The second-order valence-electron chi connectivity index (χ2n) is 5.44. The van der Waals surface area contributed by atoms with Crippen molar-refractivity contribution in [2.45, 2.75) is 26.1 Å². The molecule has 0 saturated heterocycles. The lowest BCUT2D eigenvalue weighted by atomic mass is 10.1. The third-order valence-corrected chi connectivity index (χ3v) is 4.99. The van der Waals surface area contributed by atoms with Crippen LogP contribution in [0.3, 0.4) is 0 Å². The van der Waals surface area contributed by atoms with Crippen molar-refractivity contribution in [1.29, 1.82) is 0 Å². The summed E-state index contributed by atoms with van der Waals surface area (Å²) in [6.07, 6.45) is -4.44. The van der Waals surface area contributed by atoms with Gasteiger partial charge in [0.2, 0.25) is 0 Å². The van der Waals surface area contributed by atoms with Crippen molar-refractivity contribution in [2.75, 3.05) is 18.6 Å². The lowest BCUT2D eigenvalue weighted by molar-refractivity contribution is -0.137. The quantitative estimate of drug-likeness (QED) is 0.875. The van der Waals surface area contributed by atoms with Crippen molar-refractivity contribution in [2.24, 2.45) is 5.92 Å². The first-order chi connectivity index (χ1) is 9.55. The largest absolute Gasteiger partial charge is 0.416 e. The Labute approximate surface area is 123 Å². The van der Waals surface area contributed by atoms with Gasteiger partial charge in [-0.25, -0.2) is 8.42 Å². The molecule has 1 aromatic carbocycles. The first-order valence-electron chi connectivity index (χ1n) is 6.60. The second-order valence-corrected chi connectivity index (χ2v) is 7.59. The van der Waals surface area contributed by atoms with Crippen LogP contribution in [0.15, 0.2) is 24.3 Å². The fourth-order valence-corrected chi connectivity index (χ4v) is 4.13. The third kappa shape index (κ3) is 5.67. The maximum atomic E-state index is 12.7. The Hall–Kier alpha value is -1.08. The minimum Gasteiger partial charge on any atom is -0.312 e. The van der Waals surface area contributed by atoms with E-state index in [-0.39, 0.29) is 17.4 Å². The first-order valence-corrected chi connectivity index (χ1v) is 8.42. The molecule has 0 amide bonds. The molecule has 120 valence electrons.